The Hall–Kier alpha value is -1.22. The third-order valence-electron chi connectivity index (χ3n) is 4.26. The third kappa shape index (κ3) is 2.07. The van der Waals surface area contributed by atoms with Crippen LogP contribution in [0.3, 0.4) is 0 Å². The summed E-state index contributed by atoms with van der Waals surface area (Å²) in [5, 5.41) is 13.2. The van der Waals surface area contributed by atoms with Crippen molar-refractivity contribution < 1.29 is 9.90 Å². The minimum absolute atomic E-state index is 0.0526. The Morgan fingerprint density at radius 2 is 2.17 bits per heavy atom. The zero-order valence-electron chi connectivity index (χ0n) is 10.0. The summed E-state index contributed by atoms with van der Waals surface area (Å²) in [6, 6.07) is 4.88. The van der Waals surface area contributed by atoms with E-state index in [1.807, 2.05) is 0 Å². The lowest BCUT2D eigenvalue weighted by molar-refractivity contribution is 0.0920. The molecule has 2 N–H and O–H groups in total. The maximum absolute atomic E-state index is 12.1. The number of halogens is 1. The van der Waals surface area contributed by atoms with Crippen molar-refractivity contribution in [1.82, 2.24) is 5.32 Å². The van der Waals surface area contributed by atoms with Gasteiger partial charge in [-0.2, -0.15) is 0 Å². The minimum Gasteiger partial charge on any atom is -0.507 e. The number of nitrogens with one attached hydrogen (secondary N) is 1. The van der Waals surface area contributed by atoms with Crippen LogP contribution in [0, 0.1) is 11.8 Å². The summed E-state index contributed by atoms with van der Waals surface area (Å²) in [6.07, 6.45) is 4.87. The minimum atomic E-state index is -0.193. The summed E-state index contributed by atoms with van der Waals surface area (Å²) < 4.78 is 0. The Kier molecular flexibility index (Phi) is 2.94. The lowest BCUT2D eigenvalue weighted by atomic mass is 9.95. The molecule has 4 heteroatoms. The lowest BCUT2D eigenvalue weighted by Crippen LogP contribution is -2.38. The summed E-state index contributed by atoms with van der Waals surface area (Å²) in [6.45, 7) is 0. The maximum Gasteiger partial charge on any atom is 0.255 e. The summed E-state index contributed by atoms with van der Waals surface area (Å²) in [4.78, 5) is 12.1. The number of hydrogen-bond acceptors (Lipinski definition) is 2. The van der Waals surface area contributed by atoms with Gasteiger partial charge in [-0.05, 0) is 49.3 Å². The van der Waals surface area contributed by atoms with Crippen LogP contribution in [0.5, 0.6) is 5.75 Å². The van der Waals surface area contributed by atoms with Crippen LogP contribution in [0.1, 0.15) is 36.0 Å². The molecule has 1 amide bonds. The molecule has 1 aromatic rings. The molecule has 2 aliphatic rings. The number of rotatable bonds is 2. The molecule has 2 saturated carbocycles. The molecule has 2 aliphatic carbocycles. The smallest absolute Gasteiger partial charge is 0.255 e. The van der Waals surface area contributed by atoms with Crippen LogP contribution < -0.4 is 5.32 Å². The first-order valence-electron chi connectivity index (χ1n) is 6.43. The van der Waals surface area contributed by atoms with Crippen molar-refractivity contribution in [2.24, 2.45) is 11.8 Å². The average molecular weight is 266 g/mol. The second kappa shape index (κ2) is 4.47. The van der Waals surface area contributed by atoms with Crippen LogP contribution >= 0.6 is 11.6 Å². The molecule has 0 saturated heterocycles. The van der Waals surface area contributed by atoms with Gasteiger partial charge in [0.05, 0.1) is 5.56 Å². The molecule has 0 aromatic heterocycles. The van der Waals surface area contributed by atoms with E-state index in [-0.39, 0.29) is 17.7 Å². The first-order valence-corrected chi connectivity index (χ1v) is 6.80. The molecular formula is C14H16ClNO2. The van der Waals surface area contributed by atoms with E-state index in [0.717, 1.165) is 12.3 Å². The topological polar surface area (TPSA) is 49.3 Å². The average Bonchev–Trinajstić information content (AvgIpc) is 2.90. The highest BCUT2D eigenvalue weighted by atomic mass is 35.5. The van der Waals surface area contributed by atoms with Gasteiger partial charge >= 0.3 is 0 Å². The fraction of sp³-hybridized carbons (Fsp3) is 0.500. The molecule has 3 nitrogen and oxygen atoms in total. The summed E-state index contributed by atoms with van der Waals surface area (Å²) in [7, 11) is 0. The van der Waals surface area contributed by atoms with Crippen LogP contribution in [-0.4, -0.2) is 17.1 Å². The normalized spacial score (nSPS) is 29.5. The van der Waals surface area contributed by atoms with Gasteiger partial charge in [0.1, 0.15) is 5.75 Å². The van der Waals surface area contributed by atoms with Crippen LogP contribution in [0.2, 0.25) is 5.02 Å². The molecule has 96 valence electrons. The molecule has 0 heterocycles. The second-order valence-corrected chi connectivity index (χ2v) is 5.85. The predicted molar refractivity (Wildman–Crippen MR) is 69.8 cm³/mol. The molecule has 0 radical (unpaired) electrons. The van der Waals surface area contributed by atoms with Gasteiger partial charge in [-0.15, -0.1) is 0 Å². The van der Waals surface area contributed by atoms with E-state index in [2.05, 4.69) is 5.32 Å². The van der Waals surface area contributed by atoms with Crippen LogP contribution in [0.25, 0.3) is 0 Å². The van der Waals surface area contributed by atoms with E-state index in [1.54, 1.807) is 12.1 Å². The second-order valence-electron chi connectivity index (χ2n) is 5.42. The molecule has 2 fully saturated rings. The SMILES string of the molecule is O=C(NC1CC2CCC1C2)c1ccc(Cl)cc1O. The molecule has 3 atom stereocenters. The monoisotopic (exact) mass is 265 g/mol. The van der Waals surface area contributed by atoms with Crippen molar-refractivity contribution in [2.45, 2.75) is 31.7 Å². The van der Waals surface area contributed by atoms with E-state index in [1.165, 1.54) is 25.3 Å². The molecule has 18 heavy (non-hydrogen) atoms. The number of phenolic OH excluding ortho intramolecular Hbond substituents is 1. The number of benzene rings is 1. The molecule has 0 spiro atoms. The van der Waals surface area contributed by atoms with Gasteiger partial charge in [0.2, 0.25) is 0 Å². The Morgan fingerprint density at radius 1 is 1.33 bits per heavy atom. The summed E-state index contributed by atoms with van der Waals surface area (Å²) in [5.74, 6) is 1.18. The van der Waals surface area contributed by atoms with Gasteiger partial charge < -0.3 is 10.4 Å². The van der Waals surface area contributed by atoms with Crippen LogP contribution in [0.15, 0.2) is 18.2 Å². The lowest BCUT2D eigenvalue weighted by Gasteiger charge is -2.23. The molecule has 3 unspecified atom stereocenters. The largest absolute Gasteiger partial charge is 0.507 e. The predicted octanol–water partition coefficient (Wildman–Crippen LogP) is 2.96. The van der Waals surface area contributed by atoms with E-state index >= 15 is 0 Å². The number of amides is 1. The Labute approximate surface area is 111 Å². The van der Waals surface area contributed by atoms with Crippen molar-refractivity contribution in [3.05, 3.63) is 28.8 Å². The van der Waals surface area contributed by atoms with E-state index < -0.39 is 0 Å². The van der Waals surface area contributed by atoms with E-state index in [0.29, 0.717) is 16.5 Å². The Bertz CT molecular complexity index is 489. The standard InChI is InChI=1S/C14H16ClNO2/c15-10-3-4-11(13(17)7-10)14(18)16-12-6-8-1-2-9(12)5-8/h3-4,7-9,12,17H,1-2,5-6H2,(H,16,18). The molecular weight excluding hydrogens is 250 g/mol. The molecule has 0 aliphatic heterocycles. The Morgan fingerprint density at radius 3 is 2.78 bits per heavy atom. The van der Waals surface area contributed by atoms with Crippen molar-refractivity contribution >= 4 is 17.5 Å². The highest BCUT2D eigenvalue weighted by molar-refractivity contribution is 6.30. The van der Waals surface area contributed by atoms with Crippen molar-refractivity contribution in [3.8, 4) is 5.75 Å². The fourth-order valence-corrected chi connectivity index (χ4v) is 3.53. The van der Waals surface area contributed by atoms with Gasteiger partial charge in [0.25, 0.3) is 5.91 Å². The number of carbonyl (C=O) groups is 1. The number of aromatic hydroxyl groups is 1. The van der Waals surface area contributed by atoms with Crippen LogP contribution in [-0.2, 0) is 0 Å². The number of carbonyl (C=O) groups excluding carboxylic acids is 1. The fourth-order valence-electron chi connectivity index (χ4n) is 3.36. The van der Waals surface area contributed by atoms with Gasteiger partial charge in [-0.1, -0.05) is 18.0 Å². The van der Waals surface area contributed by atoms with Crippen molar-refractivity contribution in [1.29, 1.82) is 0 Å². The molecule has 2 bridgehead atoms. The first kappa shape index (κ1) is 11.8. The number of fused-ring (bicyclic) bond motifs is 2. The number of hydrogen-bond donors (Lipinski definition) is 2. The Balaban J connectivity index is 1.71. The highest BCUT2D eigenvalue weighted by Crippen LogP contribution is 2.44. The third-order valence-corrected chi connectivity index (χ3v) is 4.49. The maximum atomic E-state index is 12.1. The summed E-state index contributed by atoms with van der Waals surface area (Å²) >= 11 is 5.75. The summed E-state index contributed by atoms with van der Waals surface area (Å²) in [5.41, 5.74) is 0.308. The van der Waals surface area contributed by atoms with E-state index in [4.69, 9.17) is 11.6 Å². The molecule has 1 aromatic carbocycles. The number of phenols is 1. The van der Waals surface area contributed by atoms with Crippen molar-refractivity contribution in [3.63, 3.8) is 0 Å². The zero-order valence-corrected chi connectivity index (χ0v) is 10.8. The highest BCUT2D eigenvalue weighted by Gasteiger charge is 2.40. The van der Waals surface area contributed by atoms with Crippen LogP contribution in [0.4, 0.5) is 0 Å². The van der Waals surface area contributed by atoms with Gasteiger partial charge in [-0.3, -0.25) is 4.79 Å². The zero-order chi connectivity index (χ0) is 12.7. The van der Waals surface area contributed by atoms with E-state index in [9.17, 15) is 9.90 Å². The van der Waals surface area contributed by atoms with Gasteiger partial charge in [0.15, 0.2) is 0 Å². The quantitative estimate of drug-likeness (QED) is 0.864. The molecule has 3 rings (SSSR count). The van der Waals surface area contributed by atoms with Gasteiger partial charge in [0, 0.05) is 11.1 Å². The van der Waals surface area contributed by atoms with Crippen molar-refractivity contribution in [2.75, 3.05) is 0 Å². The first-order chi connectivity index (χ1) is 8.63. The van der Waals surface area contributed by atoms with Gasteiger partial charge in [-0.25, -0.2) is 0 Å².